The van der Waals surface area contributed by atoms with Gasteiger partial charge in [0.2, 0.25) is 5.91 Å². The van der Waals surface area contributed by atoms with Crippen LogP contribution in [0.4, 0.5) is 11.4 Å². The highest BCUT2D eigenvalue weighted by Crippen LogP contribution is 2.21. The van der Waals surface area contributed by atoms with Crippen molar-refractivity contribution in [3.05, 3.63) is 33.9 Å². The van der Waals surface area contributed by atoms with Gasteiger partial charge in [-0.25, -0.2) is 0 Å². The van der Waals surface area contributed by atoms with Gasteiger partial charge in [0, 0.05) is 12.1 Å². The number of carbonyl (C=O) groups is 1. The minimum Gasteiger partial charge on any atom is -0.324 e. The number of aryl methyl sites for hydroxylation is 1. The molecule has 16 heavy (non-hydrogen) atoms. The number of rotatable bonds is 4. The lowest BCUT2D eigenvalue weighted by Crippen LogP contribution is -2.25. The van der Waals surface area contributed by atoms with Crippen molar-refractivity contribution < 1.29 is 9.72 Å². The molecule has 0 aliphatic heterocycles. The Bertz CT molecular complexity index is 418. The van der Waals surface area contributed by atoms with E-state index < -0.39 is 4.92 Å². The van der Waals surface area contributed by atoms with Crippen molar-refractivity contribution >= 4 is 17.3 Å². The number of benzene rings is 1. The summed E-state index contributed by atoms with van der Waals surface area (Å²) in [5, 5.41) is 15.9. The van der Waals surface area contributed by atoms with Crippen LogP contribution < -0.4 is 10.6 Å². The van der Waals surface area contributed by atoms with Crippen LogP contribution in [0.15, 0.2) is 18.2 Å². The molecule has 0 radical (unpaired) electrons. The van der Waals surface area contributed by atoms with Crippen LogP contribution in [0.3, 0.4) is 0 Å². The number of non-ortho nitro benzene ring substituents is 1. The number of nitro benzene ring substituents is 1. The van der Waals surface area contributed by atoms with Gasteiger partial charge in [0.05, 0.1) is 17.2 Å². The largest absolute Gasteiger partial charge is 0.324 e. The highest BCUT2D eigenvalue weighted by atomic mass is 16.6. The van der Waals surface area contributed by atoms with Crippen LogP contribution in [0.2, 0.25) is 0 Å². The molecule has 6 nitrogen and oxygen atoms in total. The van der Waals surface area contributed by atoms with E-state index in [-0.39, 0.29) is 18.1 Å². The van der Waals surface area contributed by atoms with Gasteiger partial charge in [-0.2, -0.15) is 0 Å². The molecule has 0 atom stereocenters. The van der Waals surface area contributed by atoms with Crippen LogP contribution in [0.1, 0.15) is 5.56 Å². The average molecular weight is 223 g/mol. The molecule has 0 bridgehead atoms. The van der Waals surface area contributed by atoms with Gasteiger partial charge < -0.3 is 10.6 Å². The maximum absolute atomic E-state index is 11.3. The lowest BCUT2D eigenvalue weighted by atomic mass is 10.2. The van der Waals surface area contributed by atoms with Gasteiger partial charge in [0.25, 0.3) is 5.69 Å². The minimum atomic E-state index is -0.493. The number of anilines is 1. The summed E-state index contributed by atoms with van der Waals surface area (Å²) in [4.78, 5) is 21.4. The Morgan fingerprint density at radius 3 is 2.75 bits per heavy atom. The summed E-state index contributed by atoms with van der Waals surface area (Å²) < 4.78 is 0. The van der Waals surface area contributed by atoms with E-state index in [1.54, 1.807) is 20.0 Å². The molecule has 0 fully saturated rings. The quantitative estimate of drug-likeness (QED) is 0.590. The number of hydrogen-bond donors (Lipinski definition) is 2. The Morgan fingerprint density at radius 2 is 2.19 bits per heavy atom. The van der Waals surface area contributed by atoms with Gasteiger partial charge in [0.1, 0.15) is 0 Å². The van der Waals surface area contributed by atoms with Crippen molar-refractivity contribution in [1.29, 1.82) is 0 Å². The fourth-order valence-electron chi connectivity index (χ4n) is 1.21. The second-order valence-corrected chi connectivity index (χ2v) is 3.33. The highest BCUT2D eigenvalue weighted by molar-refractivity contribution is 5.93. The summed E-state index contributed by atoms with van der Waals surface area (Å²) in [7, 11) is 1.65. The van der Waals surface area contributed by atoms with Gasteiger partial charge in [-0.1, -0.05) is 6.07 Å². The van der Waals surface area contributed by atoms with E-state index in [1.807, 2.05) is 0 Å². The second-order valence-electron chi connectivity index (χ2n) is 3.33. The molecular weight excluding hydrogens is 210 g/mol. The van der Waals surface area contributed by atoms with Crippen LogP contribution in [0, 0.1) is 17.0 Å². The third-order valence-corrected chi connectivity index (χ3v) is 2.04. The van der Waals surface area contributed by atoms with E-state index in [0.29, 0.717) is 5.69 Å². The van der Waals surface area contributed by atoms with Crippen molar-refractivity contribution in [1.82, 2.24) is 5.32 Å². The first-order chi connectivity index (χ1) is 7.54. The maximum atomic E-state index is 11.3. The van der Waals surface area contributed by atoms with Gasteiger partial charge >= 0.3 is 0 Å². The van der Waals surface area contributed by atoms with Crippen molar-refractivity contribution in [2.45, 2.75) is 6.92 Å². The number of amides is 1. The third-order valence-electron chi connectivity index (χ3n) is 2.04. The summed E-state index contributed by atoms with van der Waals surface area (Å²) >= 11 is 0. The molecule has 86 valence electrons. The first-order valence-corrected chi connectivity index (χ1v) is 4.74. The zero-order chi connectivity index (χ0) is 12.1. The normalized spacial score (nSPS) is 9.88. The smallest absolute Gasteiger partial charge is 0.271 e. The third kappa shape index (κ3) is 3.03. The lowest BCUT2D eigenvalue weighted by Gasteiger charge is -2.07. The van der Waals surface area contributed by atoms with Crippen molar-refractivity contribution in [3.63, 3.8) is 0 Å². The number of nitrogens with one attached hydrogen (secondary N) is 2. The zero-order valence-corrected chi connectivity index (χ0v) is 9.11. The van der Waals surface area contributed by atoms with Crippen LogP contribution in [-0.2, 0) is 4.79 Å². The molecule has 1 aromatic rings. The zero-order valence-electron chi connectivity index (χ0n) is 9.11. The number of carbonyl (C=O) groups excluding carboxylic acids is 1. The maximum Gasteiger partial charge on any atom is 0.271 e. The molecule has 6 heteroatoms. The first kappa shape index (κ1) is 12.1. The predicted octanol–water partition coefficient (Wildman–Crippen LogP) is 1.06. The summed E-state index contributed by atoms with van der Waals surface area (Å²) in [6.45, 7) is 1.95. The molecule has 0 aliphatic carbocycles. The Morgan fingerprint density at radius 1 is 1.50 bits per heavy atom. The molecule has 0 aliphatic rings. The van der Waals surface area contributed by atoms with E-state index in [9.17, 15) is 14.9 Å². The molecule has 0 heterocycles. The predicted molar refractivity (Wildman–Crippen MR) is 60.4 cm³/mol. The minimum absolute atomic E-state index is 0.0367. The monoisotopic (exact) mass is 223 g/mol. The molecule has 0 spiro atoms. The molecular formula is C10H13N3O3. The molecule has 0 saturated carbocycles. The van der Waals surface area contributed by atoms with E-state index in [0.717, 1.165) is 5.56 Å². The second kappa shape index (κ2) is 5.22. The van der Waals surface area contributed by atoms with Crippen LogP contribution in [-0.4, -0.2) is 24.4 Å². The number of likely N-dealkylation sites (N-methyl/N-ethyl adjacent to an activating group) is 1. The first-order valence-electron chi connectivity index (χ1n) is 4.74. The van der Waals surface area contributed by atoms with Gasteiger partial charge in [-0.3, -0.25) is 14.9 Å². The number of nitrogens with zero attached hydrogens (tertiary/aromatic N) is 1. The van der Waals surface area contributed by atoms with Crippen molar-refractivity contribution in [2.24, 2.45) is 0 Å². The van der Waals surface area contributed by atoms with E-state index in [2.05, 4.69) is 10.6 Å². The van der Waals surface area contributed by atoms with Crippen molar-refractivity contribution in [3.8, 4) is 0 Å². The molecule has 0 aromatic heterocycles. The van der Waals surface area contributed by atoms with Crippen molar-refractivity contribution in [2.75, 3.05) is 18.9 Å². The fourth-order valence-corrected chi connectivity index (χ4v) is 1.21. The van der Waals surface area contributed by atoms with E-state index >= 15 is 0 Å². The number of hydrogen-bond acceptors (Lipinski definition) is 4. The number of nitro groups is 1. The molecule has 2 N–H and O–H groups in total. The molecule has 1 amide bonds. The topological polar surface area (TPSA) is 84.3 Å². The van der Waals surface area contributed by atoms with Gasteiger partial charge in [-0.15, -0.1) is 0 Å². The Hall–Kier alpha value is -1.95. The van der Waals surface area contributed by atoms with Crippen LogP contribution >= 0.6 is 0 Å². The Balaban J connectivity index is 2.90. The lowest BCUT2D eigenvalue weighted by molar-refractivity contribution is -0.384. The van der Waals surface area contributed by atoms with Crippen LogP contribution in [0.25, 0.3) is 0 Å². The summed E-state index contributed by atoms with van der Waals surface area (Å²) in [6.07, 6.45) is 0. The molecule has 1 aromatic carbocycles. The van der Waals surface area contributed by atoms with Gasteiger partial charge in [-0.05, 0) is 19.5 Å². The SMILES string of the molecule is CNCC(=O)Nc1cc([N+](=O)[O-])ccc1C. The molecule has 0 saturated heterocycles. The Kier molecular flexibility index (Phi) is 3.96. The summed E-state index contributed by atoms with van der Waals surface area (Å²) in [6, 6.07) is 4.36. The van der Waals surface area contributed by atoms with E-state index in [1.165, 1.54) is 12.1 Å². The highest BCUT2D eigenvalue weighted by Gasteiger charge is 2.10. The Labute approximate surface area is 92.8 Å². The van der Waals surface area contributed by atoms with Gasteiger partial charge in [0.15, 0.2) is 0 Å². The summed E-state index contributed by atoms with van der Waals surface area (Å²) in [5.74, 6) is -0.230. The molecule has 0 unspecified atom stereocenters. The van der Waals surface area contributed by atoms with E-state index in [4.69, 9.17) is 0 Å². The average Bonchev–Trinajstić information content (AvgIpc) is 2.21. The van der Waals surface area contributed by atoms with Crippen LogP contribution in [0.5, 0.6) is 0 Å². The fraction of sp³-hybridized carbons (Fsp3) is 0.300. The molecule has 1 rings (SSSR count). The summed E-state index contributed by atoms with van der Waals surface area (Å²) in [5.41, 5.74) is 1.22. The standard InChI is InChI=1S/C10H13N3O3/c1-7-3-4-8(13(15)16)5-9(7)12-10(14)6-11-2/h3-5,11H,6H2,1-2H3,(H,12,14).